The molecule has 0 aromatic heterocycles. The standard InChI is InChI=1S/C21H22BrN3O4S/c22-16-5-3-4-14(10-16)12-30(28,29)13-19-20(26)24-18-11-15(6-7-17(18)23-19)21(27)25-8-1-2-9-25/h3-7,10-11,19,23H,1-2,8-9,12-13H2,(H,24,26). The number of hydrogen-bond acceptors (Lipinski definition) is 5. The van der Waals surface area contributed by atoms with E-state index in [-0.39, 0.29) is 17.4 Å². The minimum absolute atomic E-state index is 0.0525. The van der Waals surface area contributed by atoms with E-state index in [9.17, 15) is 18.0 Å². The predicted molar refractivity (Wildman–Crippen MR) is 119 cm³/mol. The van der Waals surface area contributed by atoms with Crippen molar-refractivity contribution in [3.05, 3.63) is 58.1 Å². The Kier molecular flexibility index (Phi) is 5.84. The molecule has 2 N–H and O–H groups in total. The molecule has 1 unspecified atom stereocenters. The van der Waals surface area contributed by atoms with Crippen LogP contribution in [0.25, 0.3) is 0 Å². The summed E-state index contributed by atoms with van der Waals surface area (Å²) in [5.74, 6) is -0.942. The fraction of sp³-hybridized carbons (Fsp3) is 0.333. The number of carbonyl (C=O) groups is 2. The second-order valence-electron chi connectivity index (χ2n) is 7.63. The molecule has 2 aliphatic heterocycles. The quantitative estimate of drug-likeness (QED) is 0.669. The van der Waals surface area contributed by atoms with Gasteiger partial charge in [-0.25, -0.2) is 8.42 Å². The zero-order chi connectivity index (χ0) is 21.3. The van der Waals surface area contributed by atoms with Crippen LogP contribution < -0.4 is 10.6 Å². The molecule has 2 aliphatic rings. The van der Waals surface area contributed by atoms with E-state index in [1.54, 1.807) is 41.3 Å². The predicted octanol–water partition coefficient (Wildman–Crippen LogP) is 3.03. The van der Waals surface area contributed by atoms with Gasteiger partial charge in [0.2, 0.25) is 5.91 Å². The van der Waals surface area contributed by atoms with E-state index >= 15 is 0 Å². The second kappa shape index (κ2) is 8.39. The Balaban J connectivity index is 1.47. The van der Waals surface area contributed by atoms with Crippen molar-refractivity contribution in [2.45, 2.75) is 24.6 Å². The SMILES string of the molecule is O=C1Nc2cc(C(=O)N3CCCC3)ccc2NC1CS(=O)(=O)Cc1cccc(Br)c1. The van der Waals surface area contributed by atoms with Gasteiger partial charge in [0.1, 0.15) is 6.04 Å². The first-order valence-corrected chi connectivity index (χ1v) is 12.4. The Morgan fingerprint density at radius 3 is 2.60 bits per heavy atom. The molecule has 7 nitrogen and oxygen atoms in total. The molecule has 158 valence electrons. The van der Waals surface area contributed by atoms with Gasteiger partial charge in [0.15, 0.2) is 9.84 Å². The van der Waals surface area contributed by atoms with Crippen LogP contribution in [-0.2, 0) is 20.4 Å². The lowest BCUT2D eigenvalue weighted by atomic mass is 10.1. The van der Waals surface area contributed by atoms with E-state index in [0.717, 1.165) is 30.4 Å². The van der Waals surface area contributed by atoms with Gasteiger partial charge in [-0.3, -0.25) is 9.59 Å². The molecule has 0 aliphatic carbocycles. The molecule has 4 rings (SSSR count). The van der Waals surface area contributed by atoms with E-state index in [2.05, 4.69) is 26.6 Å². The molecule has 2 heterocycles. The Hall–Kier alpha value is -2.39. The summed E-state index contributed by atoms with van der Waals surface area (Å²) < 4.78 is 26.1. The summed E-state index contributed by atoms with van der Waals surface area (Å²) in [4.78, 5) is 26.9. The minimum Gasteiger partial charge on any atom is -0.371 e. The maximum Gasteiger partial charge on any atom is 0.253 e. The van der Waals surface area contributed by atoms with Crippen LogP contribution in [0.5, 0.6) is 0 Å². The molecule has 0 spiro atoms. The van der Waals surface area contributed by atoms with Crippen LogP contribution in [0.4, 0.5) is 11.4 Å². The van der Waals surface area contributed by atoms with Crippen LogP contribution in [-0.4, -0.2) is 50.0 Å². The highest BCUT2D eigenvalue weighted by molar-refractivity contribution is 9.10. The number of anilines is 2. The molecular weight excluding hydrogens is 470 g/mol. The van der Waals surface area contributed by atoms with Crippen molar-refractivity contribution in [1.82, 2.24) is 4.90 Å². The van der Waals surface area contributed by atoms with Crippen LogP contribution >= 0.6 is 15.9 Å². The van der Waals surface area contributed by atoms with Crippen molar-refractivity contribution in [3.8, 4) is 0 Å². The number of halogens is 1. The lowest BCUT2D eigenvalue weighted by Crippen LogP contribution is -2.43. The zero-order valence-electron chi connectivity index (χ0n) is 16.2. The topological polar surface area (TPSA) is 95.6 Å². The summed E-state index contributed by atoms with van der Waals surface area (Å²) >= 11 is 3.33. The van der Waals surface area contributed by atoms with Crippen molar-refractivity contribution in [1.29, 1.82) is 0 Å². The van der Waals surface area contributed by atoms with Gasteiger partial charge in [-0.1, -0.05) is 28.1 Å². The second-order valence-corrected chi connectivity index (χ2v) is 10.7. The van der Waals surface area contributed by atoms with Crippen LogP contribution in [0.3, 0.4) is 0 Å². The maximum atomic E-state index is 12.6. The summed E-state index contributed by atoms with van der Waals surface area (Å²) in [6.45, 7) is 1.50. The smallest absolute Gasteiger partial charge is 0.253 e. The van der Waals surface area contributed by atoms with Gasteiger partial charge in [0.05, 0.1) is 22.9 Å². The first-order chi connectivity index (χ1) is 14.3. The normalized spacial score (nSPS) is 18.5. The molecule has 2 amide bonds. The maximum absolute atomic E-state index is 12.6. The molecule has 0 saturated carbocycles. The zero-order valence-corrected chi connectivity index (χ0v) is 18.6. The van der Waals surface area contributed by atoms with Gasteiger partial charge >= 0.3 is 0 Å². The van der Waals surface area contributed by atoms with Crippen molar-refractivity contribution < 1.29 is 18.0 Å². The number of sulfone groups is 1. The van der Waals surface area contributed by atoms with E-state index in [4.69, 9.17) is 0 Å². The van der Waals surface area contributed by atoms with E-state index in [1.807, 2.05) is 6.07 Å². The highest BCUT2D eigenvalue weighted by Crippen LogP contribution is 2.29. The average Bonchev–Trinajstić information content (AvgIpc) is 3.22. The third kappa shape index (κ3) is 4.67. The third-order valence-electron chi connectivity index (χ3n) is 5.26. The number of nitrogens with one attached hydrogen (secondary N) is 2. The van der Waals surface area contributed by atoms with Gasteiger partial charge in [-0.05, 0) is 48.7 Å². The number of benzene rings is 2. The first kappa shape index (κ1) is 20.9. The van der Waals surface area contributed by atoms with Crippen molar-refractivity contribution in [2.24, 2.45) is 0 Å². The van der Waals surface area contributed by atoms with Gasteiger partial charge < -0.3 is 15.5 Å². The van der Waals surface area contributed by atoms with E-state index < -0.39 is 21.8 Å². The van der Waals surface area contributed by atoms with Crippen LogP contribution in [0.15, 0.2) is 46.9 Å². The van der Waals surface area contributed by atoms with Crippen LogP contribution in [0.1, 0.15) is 28.8 Å². The molecule has 1 fully saturated rings. The average molecular weight is 492 g/mol. The molecule has 1 atom stereocenters. The number of fused-ring (bicyclic) bond motifs is 1. The van der Waals surface area contributed by atoms with Gasteiger partial charge in [-0.2, -0.15) is 0 Å². The summed E-state index contributed by atoms with van der Waals surface area (Å²) in [7, 11) is -3.52. The number of likely N-dealkylation sites (tertiary alicyclic amines) is 1. The minimum atomic E-state index is -3.52. The Labute approximate surface area is 183 Å². The Morgan fingerprint density at radius 2 is 1.87 bits per heavy atom. The molecule has 0 bridgehead atoms. The Bertz CT molecular complexity index is 1100. The van der Waals surface area contributed by atoms with Gasteiger partial charge in [0.25, 0.3) is 5.91 Å². The number of nitrogens with zero attached hydrogens (tertiary/aromatic N) is 1. The van der Waals surface area contributed by atoms with E-state index in [1.165, 1.54) is 0 Å². The van der Waals surface area contributed by atoms with Crippen LogP contribution in [0, 0.1) is 0 Å². The fourth-order valence-corrected chi connectivity index (χ4v) is 5.79. The lowest BCUT2D eigenvalue weighted by molar-refractivity contribution is -0.116. The number of hydrogen-bond donors (Lipinski definition) is 2. The number of rotatable bonds is 5. The molecule has 30 heavy (non-hydrogen) atoms. The Morgan fingerprint density at radius 1 is 1.10 bits per heavy atom. The summed E-state index contributed by atoms with van der Waals surface area (Å²) in [5, 5.41) is 5.76. The largest absolute Gasteiger partial charge is 0.371 e. The third-order valence-corrected chi connectivity index (χ3v) is 7.37. The van der Waals surface area contributed by atoms with Crippen molar-refractivity contribution in [3.63, 3.8) is 0 Å². The van der Waals surface area contributed by atoms with Crippen molar-refractivity contribution in [2.75, 3.05) is 29.5 Å². The highest BCUT2D eigenvalue weighted by atomic mass is 79.9. The summed E-state index contributed by atoms with van der Waals surface area (Å²) in [6, 6.07) is 11.3. The molecular formula is C21H22BrN3O4S. The van der Waals surface area contributed by atoms with E-state index in [0.29, 0.717) is 22.5 Å². The molecule has 0 radical (unpaired) electrons. The number of amides is 2. The lowest BCUT2D eigenvalue weighted by Gasteiger charge is -2.27. The fourth-order valence-electron chi connectivity index (χ4n) is 3.79. The molecule has 1 saturated heterocycles. The monoisotopic (exact) mass is 491 g/mol. The van der Waals surface area contributed by atoms with Crippen LogP contribution in [0.2, 0.25) is 0 Å². The summed E-state index contributed by atoms with van der Waals surface area (Å²) in [5.41, 5.74) is 2.27. The summed E-state index contributed by atoms with van der Waals surface area (Å²) in [6.07, 6.45) is 2.01. The highest BCUT2D eigenvalue weighted by Gasteiger charge is 2.31. The van der Waals surface area contributed by atoms with Crippen molar-refractivity contribution >= 4 is 49.0 Å². The molecule has 9 heteroatoms. The number of carbonyl (C=O) groups excluding carboxylic acids is 2. The van der Waals surface area contributed by atoms with Gasteiger partial charge in [0, 0.05) is 23.1 Å². The first-order valence-electron chi connectivity index (χ1n) is 9.76. The van der Waals surface area contributed by atoms with Gasteiger partial charge in [-0.15, -0.1) is 0 Å². The molecule has 2 aromatic carbocycles. The molecule has 2 aromatic rings.